The molecule has 1 aromatic carbocycles. The highest BCUT2D eigenvalue weighted by molar-refractivity contribution is 5.36. The summed E-state index contributed by atoms with van der Waals surface area (Å²) in [5.41, 5.74) is 7.36. The summed E-state index contributed by atoms with van der Waals surface area (Å²) in [4.78, 5) is 2.57. The maximum absolute atomic E-state index is 6.15. The summed E-state index contributed by atoms with van der Waals surface area (Å²) >= 11 is 0. The van der Waals surface area contributed by atoms with Gasteiger partial charge in [-0.15, -0.1) is 0 Å². The molecule has 3 nitrogen and oxygen atoms in total. The Balaban J connectivity index is 3.16. The van der Waals surface area contributed by atoms with Crippen LogP contribution in [0.15, 0.2) is 24.3 Å². The van der Waals surface area contributed by atoms with Crippen molar-refractivity contribution in [1.29, 1.82) is 0 Å². The lowest BCUT2D eigenvalue weighted by Gasteiger charge is -2.39. The van der Waals surface area contributed by atoms with Gasteiger partial charge >= 0.3 is 0 Å². The van der Waals surface area contributed by atoms with Crippen molar-refractivity contribution in [3.05, 3.63) is 29.8 Å². The van der Waals surface area contributed by atoms with E-state index in [0.717, 1.165) is 25.1 Å². The van der Waals surface area contributed by atoms with Crippen LogP contribution in [0.5, 0.6) is 5.75 Å². The first-order valence-corrected chi connectivity index (χ1v) is 8.17. The van der Waals surface area contributed by atoms with Crippen LogP contribution in [0.4, 0.5) is 0 Å². The van der Waals surface area contributed by atoms with Crippen molar-refractivity contribution >= 4 is 0 Å². The maximum Gasteiger partial charge on any atom is 0.123 e. The zero-order chi connectivity index (χ0) is 15.8. The van der Waals surface area contributed by atoms with Gasteiger partial charge < -0.3 is 10.5 Å². The molecule has 1 unspecified atom stereocenters. The summed E-state index contributed by atoms with van der Waals surface area (Å²) in [7, 11) is 1.73. The smallest absolute Gasteiger partial charge is 0.123 e. The quantitative estimate of drug-likeness (QED) is 0.751. The lowest BCUT2D eigenvalue weighted by Crippen LogP contribution is -2.43. The normalized spacial score (nSPS) is 13.2. The van der Waals surface area contributed by atoms with Crippen molar-refractivity contribution in [2.75, 3.05) is 20.2 Å². The number of ether oxygens (including phenoxy) is 1. The van der Waals surface area contributed by atoms with E-state index in [2.05, 4.69) is 44.7 Å². The molecule has 0 bridgehead atoms. The molecular formula is C18H32N2O. The van der Waals surface area contributed by atoms with Gasteiger partial charge in [-0.25, -0.2) is 0 Å². The summed E-state index contributed by atoms with van der Waals surface area (Å²) in [6.07, 6.45) is 2.30. The van der Waals surface area contributed by atoms with Crippen LogP contribution in [-0.4, -0.2) is 31.1 Å². The van der Waals surface area contributed by atoms with E-state index in [1.165, 1.54) is 5.56 Å². The van der Waals surface area contributed by atoms with Gasteiger partial charge in [-0.3, -0.25) is 4.90 Å². The zero-order valence-electron chi connectivity index (χ0n) is 14.3. The topological polar surface area (TPSA) is 38.5 Å². The van der Waals surface area contributed by atoms with Crippen LogP contribution in [0, 0.1) is 5.92 Å². The minimum atomic E-state index is 0.216. The monoisotopic (exact) mass is 292 g/mol. The molecule has 0 amide bonds. The molecule has 0 aliphatic carbocycles. The molecule has 0 saturated carbocycles. The van der Waals surface area contributed by atoms with Gasteiger partial charge in [0.2, 0.25) is 0 Å². The van der Waals surface area contributed by atoms with E-state index in [-0.39, 0.29) is 6.04 Å². The molecule has 0 fully saturated rings. The van der Waals surface area contributed by atoms with Gasteiger partial charge in [-0.1, -0.05) is 45.9 Å². The zero-order valence-corrected chi connectivity index (χ0v) is 14.3. The van der Waals surface area contributed by atoms with Gasteiger partial charge in [0.15, 0.2) is 0 Å². The average molecular weight is 292 g/mol. The van der Waals surface area contributed by atoms with Crippen molar-refractivity contribution < 1.29 is 4.74 Å². The Labute approximate surface area is 130 Å². The average Bonchev–Trinajstić information content (AvgIpc) is 2.49. The molecule has 3 heteroatoms. The van der Waals surface area contributed by atoms with Crippen LogP contribution in [0.25, 0.3) is 0 Å². The third-order valence-electron chi connectivity index (χ3n) is 4.11. The van der Waals surface area contributed by atoms with Gasteiger partial charge in [-0.05, 0) is 24.8 Å². The first-order chi connectivity index (χ1) is 10.1. The van der Waals surface area contributed by atoms with E-state index in [1.807, 2.05) is 12.1 Å². The van der Waals surface area contributed by atoms with E-state index in [4.69, 9.17) is 10.5 Å². The number of methoxy groups -OCH3 is 1. The minimum absolute atomic E-state index is 0.216. The van der Waals surface area contributed by atoms with Gasteiger partial charge in [0.05, 0.1) is 13.2 Å². The van der Waals surface area contributed by atoms with E-state index >= 15 is 0 Å². The van der Waals surface area contributed by atoms with E-state index in [0.29, 0.717) is 18.5 Å². The summed E-state index contributed by atoms with van der Waals surface area (Å²) in [5.74, 6) is 1.56. The highest BCUT2D eigenvalue weighted by Gasteiger charge is 2.27. The first-order valence-electron chi connectivity index (χ1n) is 8.17. The lowest BCUT2D eigenvalue weighted by atomic mass is 9.98. The molecule has 1 aromatic rings. The fourth-order valence-electron chi connectivity index (χ4n) is 3.09. The predicted octanol–water partition coefficient (Wildman–Crippen LogP) is 3.84. The fourth-order valence-corrected chi connectivity index (χ4v) is 3.09. The third kappa shape index (κ3) is 4.72. The fraction of sp³-hybridized carbons (Fsp3) is 0.667. The van der Waals surface area contributed by atoms with E-state index in [9.17, 15) is 0 Å². The number of rotatable bonds is 9. The van der Waals surface area contributed by atoms with Gasteiger partial charge in [0.1, 0.15) is 5.75 Å². The number of nitrogens with zero attached hydrogens (tertiary/aromatic N) is 1. The predicted molar refractivity (Wildman–Crippen MR) is 90.7 cm³/mol. The summed E-state index contributed by atoms with van der Waals surface area (Å²) in [6.45, 7) is 10.7. The summed E-state index contributed by atoms with van der Waals surface area (Å²) < 4.78 is 5.55. The highest BCUT2D eigenvalue weighted by Crippen LogP contribution is 2.31. The Hall–Kier alpha value is -1.06. The van der Waals surface area contributed by atoms with Crippen molar-refractivity contribution in [3.8, 4) is 5.75 Å². The van der Waals surface area contributed by atoms with Crippen molar-refractivity contribution in [2.24, 2.45) is 11.7 Å². The van der Waals surface area contributed by atoms with Crippen LogP contribution >= 0.6 is 0 Å². The summed E-state index contributed by atoms with van der Waals surface area (Å²) in [6, 6.07) is 9.03. The molecule has 0 saturated heterocycles. The summed E-state index contributed by atoms with van der Waals surface area (Å²) in [5, 5.41) is 0. The number of nitrogens with two attached hydrogens (primary N) is 1. The molecule has 1 rings (SSSR count). The molecule has 0 radical (unpaired) electrons. The van der Waals surface area contributed by atoms with Crippen LogP contribution in [0.2, 0.25) is 0 Å². The Morgan fingerprint density at radius 1 is 1.14 bits per heavy atom. The molecule has 0 aromatic heterocycles. The maximum atomic E-state index is 6.15. The van der Waals surface area contributed by atoms with Crippen LogP contribution in [0.3, 0.4) is 0 Å². The molecule has 0 aliphatic rings. The van der Waals surface area contributed by atoms with Crippen molar-refractivity contribution in [1.82, 2.24) is 4.90 Å². The number of hydrogen-bond acceptors (Lipinski definition) is 3. The number of para-hydroxylation sites is 1. The van der Waals surface area contributed by atoms with Crippen LogP contribution in [0.1, 0.15) is 52.1 Å². The van der Waals surface area contributed by atoms with Crippen molar-refractivity contribution in [3.63, 3.8) is 0 Å². The lowest BCUT2D eigenvalue weighted by molar-refractivity contribution is 0.111. The Morgan fingerprint density at radius 2 is 1.76 bits per heavy atom. The van der Waals surface area contributed by atoms with E-state index in [1.54, 1.807) is 7.11 Å². The third-order valence-corrected chi connectivity index (χ3v) is 4.11. The molecule has 2 N–H and O–H groups in total. The molecule has 0 heterocycles. The van der Waals surface area contributed by atoms with Gasteiger partial charge in [-0.2, -0.15) is 0 Å². The van der Waals surface area contributed by atoms with Gasteiger partial charge in [0.25, 0.3) is 0 Å². The molecular weight excluding hydrogens is 260 g/mol. The second kappa shape index (κ2) is 9.06. The van der Waals surface area contributed by atoms with Crippen molar-refractivity contribution in [2.45, 2.75) is 52.6 Å². The minimum Gasteiger partial charge on any atom is -0.496 e. The number of hydrogen-bond donors (Lipinski definition) is 1. The molecule has 21 heavy (non-hydrogen) atoms. The molecule has 0 spiro atoms. The number of benzene rings is 1. The Kier molecular flexibility index (Phi) is 7.76. The van der Waals surface area contributed by atoms with Crippen LogP contribution < -0.4 is 10.5 Å². The second-order valence-corrected chi connectivity index (χ2v) is 6.05. The first kappa shape index (κ1) is 18.0. The van der Waals surface area contributed by atoms with Gasteiger partial charge in [0, 0.05) is 24.7 Å². The second-order valence-electron chi connectivity index (χ2n) is 6.05. The van der Waals surface area contributed by atoms with E-state index < -0.39 is 0 Å². The molecule has 0 aliphatic heterocycles. The Morgan fingerprint density at radius 3 is 2.24 bits per heavy atom. The molecule has 120 valence electrons. The standard InChI is InChI=1S/C18H32N2O/c1-6-15(7-2)20(13-14(3)4)17(12-19)16-10-8-9-11-18(16)21-5/h8-11,14-15,17H,6-7,12-13,19H2,1-5H3. The van der Waals surface area contributed by atoms with Crippen LogP contribution in [-0.2, 0) is 0 Å². The SMILES string of the molecule is CCC(CC)N(CC(C)C)C(CN)c1ccccc1OC. The molecule has 1 atom stereocenters. The highest BCUT2D eigenvalue weighted by atomic mass is 16.5. The Bertz CT molecular complexity index is 402. The largest absolute Gasteiger partial charge is 0.496 e.